The number of rotatable bonds is 3. The summed E-state index contributed by atoms with van der Waals surface area (Å²) in [6, 6.07) is 17.6. The van der Waals surface area contributed by atoms with Crippen molar-refractivity contribution in [1.29, 1.82) is 5.26 Å². The van der Waals surface area contributed by atoms with Gasteiger partial charge >= 0.3 is 0 Å². The average molecular weight is 260 g/mol. The lowest BCUT2D eigenvalue weighted by atomic mass is 10.1. The van der Waals surface area contributed by atoms with Crippen LogP contribution < -0.4 is 0 Å². The third kappa shape index (κ3) is 1.98. The molecule has 0 bridgehead atoms. The summed E-state index contributed by atoms with van der Waals surface area (Å²) in [5.74, 6) is 0. The molecule has 3 rings (SSSR count). The summed E-state index contributed by atoms with van der Waals surface area (Å²) in [5.41, 5.74) is 3.16. The van der Waals surface area contributed by atoms with E-state index in [4.69, 9.17) is 0 Å². The molecule has 0 spiro atoms. The molecule has 0 amide bonds. The van der Waals surface area contributed by atoms with Gasteiger partial charge in [0.1, 0.15) is 6.07 Å². The van der Waals surface area contributed by atoms with E-state index >= 15 is 0 Å². The standard InChI is InChI=1S/C17H12N2O/c18-9-14-7-4-8-16-15(12-20)11-19(17(14)16)10-13-5-2-1-3-6-13/h1-8,11-12H,10H2. The number of fused-ring (bicyclic) bond motifs is 1. The molecule has 96 valence electrons. The van der Waals surface area contributed by atoms with E-state index in [9.17, 15) is 10.1 Å². The Morgan fingerprint density at radius 3 is 2.60 bits per heavy atom. The Hall–Kier alpha value is -2.86. The number of hydrogen-bond acceptors (Lipinski definition) is 2. The zero-order chi connectivity index (χ0) is 13.9. The van der Waals surface area contributed by atoms with Crippen molar-refractivity contribution in [2.45, 2.75) is 6.54 Å². The summed E-state index contributed by atoms with van der Waals surface area (Å²) in [5, 5.41) is 10.1. The number of aromatic nitrogens is 1. The molecule has 0 aliphatic carbocycles. The minimum Gasteiger partial charge on any atom is -0.341 e. The van der Waals surface area contributed by atoms with Gasteiger partial charge in [0.15, 0.2) is 6.29 Å². The number of para-hydroxylation sites is 1. The summed E-state index contributed by atoms with van der Waals surface area (Å²) in [6.07, 6.45) is 2.65. The summed E-state index contributed by atoms with van der Waals surface area (Å²) < 4.78 is 1.97. The van der Waals surface area contributed by atoms with Crippen molar-refractivity contribution in [3.63, 3.8) is 0 Å². The maximum Gasteiger partial charge on any atom is 0.152 e. The molecule has 3 heteroatoms. The summed E-state index contributed by atoms with van der Waals surface area (Å²) in [7, 11) is 0. The zero-order valence-corrected chi connectivity index (χ0v) is 10.8. The third-order valence-electron chi connectivity index (χ3n) is 3.37. The van der Waals surface area contributed by atoms with Crippen molar-refractivity contribution in [1.82, 2.24) is 4.57 Å². The normalized spacial score (nSPS) is 10.3. The molecule has 0 saturated heterocycles. The minimum absolute atomic E-state index is 0.589. The summed E-state index contributed by atoms with van der Waals surface area (Å²) in [4.78, 5) is 11.2. The van der Waals surface area contributed by atoms with Crippen LogP contribution in [0.3, 0.4) is 0 Å². The van der Waals surface area contributed by atoms with Crippen LogP contribution in [0.25, 0.3) is 10.9 Å². The van der Waals surface area contributed by atoms with Gasteiger partial charge in [-0.1, -0.05) is 42.5 Å². The number of benzene rings is 2. The van der Waals surface area contributed by atoms with Crippen LogP contribution in [0.1, 0.15) is 21.5 Å². The fraction of sp³-hybridized carbons (Fsp3) is 0.0588. The van der Waals surface area contributed by atoms with Gasteiger partial charge in [0.05, 0.1) is 11.1 Å². The van der Waals surface area contributed by atoms with Crippen molar-refractivity contribution in [2.24, 2.45) is 0 Å². The van der Waals surface area contributed by atoms with Crippen LogP contribution in [0, 0.1) is 11.3 Å². The van der Waals surface area contributed by atoms with Gasteiger partial charge in [-0.2, -0.15) is 5.26 Å². The predicted molar refractivity (Wildman–Crippen MR) is 77.6 cm³/mol. The summed E-state index contributed by atoms with van der Waals surface area (Å²) >= 11 is 0. The topological polar surface area (TPSA) is 45.8 Å². The van der Waals surface area contributed by atoms with Crippen LogP contribution in [-0.2, 0) is 6.54 Å². The lowest BCUT2D eigenvalue weighted by molar-refractivity contribution is 0.112. The quantitative estimate of drug-likeness (QED) is 0.678. The highest BCUT2D eigenvalue weighted by molar-refractivity contribution is 5.99. The SMILES string of the molecule is N#Cc1cccc2c(C=O)cn(Cc3ccccc3)c12. The molecule has 20 heavy (non-hydrogen) atoms. The van der Waals surface area contributed by atoms with Gasteiger partial charge in [0.25, 0.3) is 0 Å². The van der Waals surface area contributed by atoms with Crippen LogP contribution in [0.2, 0.25) is 0 Å². The Morgan fingerprint density at radius 1 is 1.10 bits per heavy atom. The highest BCUT2D eigenvalue weighted by atomic mass is 16.1. The van der Waals surface area contributed by atoms with E-state index in [1.165, 1.54) is 0 Å². The van der Waals surface area contributed by atoms with E-state index in [-0.39, 0.29) is 0 Å². The number of nitrogens with zero attached hydrogens (tertiary/aromatic N) is 2. The van der Waals surface area contributed by atoms with Crippen molar-refractivity contribution in [3.05, 3.63) is 71.4 Å². The minimum atomic E-state index is 0.589. The number of carbonyl (C=O) groups is 1. The summed E-state index contributed by atoms with van der Waals surface area (Å²) in [6.45, 7) is 0.643. The highest BCUT2D eigenvalue weighted by Crippen LogP contribution is 2.24. The van der Waals surface area contributed by atoms with Crippen LogP contribution in [-0.4, -0.2) is 10.9 Å². The van der Waals surface area contributed by atoms with E-state index in [0.29, 0.717) is 17.7 Å². The van der Waals surface area contributed by atoms with Gasteiger partial charge in [-0.05, 0) is 11.6 Å². The molecule has 1 heterocycles. The van der Waals surface area contributed by atoms with E-state index in [1.54, 1.807) is 12.1 Å². The molecule has 0 aliphatic rings. The number of nitriles is 1. The number of aldehydes is 1. The molecule has 0 saturated carbocycles. The first-order valence-corrected chi connectivity index (χ1v) is 6.34. The average Bonchev–Trinajstić information content (AvgIpc) is 2.86. The maximum absolute atomic E-state index is 11.2. The first kappa shape index (κ1) is 12.2. The van der Waals surface area contributed by atoms with Gasteiger partial charge in [0, 0.05) is 23.7 Å². The zero-order valence-electron chi connectivity index (χ0n) is 10.8. The smallest absolute Gasteiger partial charge is 0.152 e. The van der Waals surface area contributed by atoms with Crippen molar-refractivity contribution in [2.75, 3.05) is 0 Å². The number of hydrogen-bond donors (Lipinski definition) is 0. The second-order valence-electron chi connectivity index (χ2n) is 4.63. The molecule has 2 aromatic carbocycles. The van der Waals surface area contributed by atoms with E-state index in [1.807, 2.05) is 47.2 Å². The largest absolute Gasteiger partial charge is 0.341 e. The molecule has 3 nitrogen and oxygen atoms in total. The number of carbonyl (C=O) groups excluding carboxylic acids is 1. The molecular formula is C17H12N2O. The monoisotopic (exact) mass is 260 g/mol. The molecule has 0 aliphatic heterocycles. The van der Waals surface area contributed by atoms with E-state index in [0.717, 1.165) is 22.8 Å². The van der Waals surface area contributed by atoms with Gasteiger partial charge in [-0.3, -0.25) is 4.79 Å². The second-order valence-corrected chi connectivity index (χ2v) is 4.63. The van der Waals surface area contributed by atoms with Crippen molar-refractivity contribution < 1.29 is 4.79 Å². The predicted octanol–water partition coefficient (Wildman–Crippen LogP) is 3.37. The molecule has 1 aromatic heterocycles. The lowest BCUT2D eigenvalue weighted by Gasteiger charge is -2.06. The first-order valence-electron chi connectivity index (χ1n) is 6.34. The Morgan fingerprint density at radius 2 is 1.90 bits per heavy atom. The van der Waals surface area contributed by atoms with Gasteiger partial charge < -0.3 is 4.57 Å². The molecule has 0 unspecified atom stereocenters. The Kier molecular flexibility index (Phi) is 3.06. The Labute approximate surface area is 116 Å². The molecule has 0 fully saturated rings. The molecule has 0 radical (unpaired) electrons. The molecule has 0 atom stereocenters. The first-order chi connectivity index (χ1) is 9.83. The van der Waals surface area contributed by atoms with E-state index in [2.05, 4.69) is 6.07 Å². The van der Waals surface area contributed by atoms with Gasteiger partial charge in [0.2, 0.25) is 0 Å². The van der Waals surface area contributed by atoms with Crippen LogP contribution in [0.4, 0.5) is 0 Å². The lowest BCUT2D eigenvalue weighted by Crippen LogP contribution is -1.98. The van der Waals surface area contributed by atoms with Crippen LogP contribution in [0.15, 0.2) is 54.7 Å². The van der Waals surface area contributed by atoms with Crippen molar-refractivity contribution in [3.8, 4) is 6.07 Å². The Bertz CT molecular complexity index is 810. The molecule has 3 aromatic rings. The highest BCUT2D eigenvalue weighted by Gasteiger charge is 2.11. The van der Waals surface area contributed by atoms with Crippen molar-refractivity contribution >= 4 is 17.2 Å². The van der Waals surface area contributed by atoms with Gasteiger partial charge in [-0.25, -0.2) is 0 Å². The maximum atomic E-state index is 11.2. The van der Waals surface area contributed by atoms with Gasteiger partial charge in [-0.15, -0.1) is 0 Å². The Balaban J connectivity index is 2.20. The third-order valence-corrected chi connectivity index (χ3v) is 3.37. The molecular weight excluding hydrogens is 248 g/mol. The van der Waals surface area contributed by atoms with Crippen LogP contribution >= 0.6 is 0 Å². The fourth-order valence-electron chi connectivity index (χ4n) is 2.48. The van der Waals surface area contributed by atoms with E-state index < -0.39 is 0 Å². The molecule has 0 N–H and O–H groups in total. The van der Waals surface area contributed by atoms with Crippen LogP contribution in [0.5, 0.6) is 0 Å². The second kappa shape index (κ2) is 5.02. The fourth-order valence-corrected chi connectivity index (χ4v) is 2.48.